The molecule has 0 saturated heterocycles. The first-order chi connectivity index (χ1) is 9.65. The van der Waals surface area contributed by atoms with Gasteiger partial charge in [0, 0.05) is 13.1 Å². The van der Waals surface area contributed by atoms with Crippen molar-refractivity contribution in [1.29, 1.82) is 0 Å². The molecule has 0 aliphatic heterocycles. The van der Waals surface area contributed by atoms with Gasteiger partial charge in [-0.1, -0.05) is 19.9 Å². The van der Waals surface area contributed by atoms with Gasteiger partial charge in [0.1, 0.15) is 10.7 Å². The second kappa shape index (κ2) is 5.57. The van der Waals surface area contributed by atoms with Crippen LogP contribution >= 0.6 is 0 Å². The zero-order valence-electron chi connectivity index (χ0n) is 12.8. The van der Waals surface area contributed by atoms with Crippen LogP contribution in [0.25, 0.3) is 0 Å². The summed E-state index contributed by atoms with van der Waals surface area (Å²) in [5.41, 5.74) is 5.88. The Kier molecular flexibility index (Phi) is 4.31. The molecule has 1 fully saturated rings. The summed E-state index contributed by atoms with van der Waals surface area (Å²) in [6.45, 7) is 4.37. The summed E-state index contributed by atoms with van der Waals surface area (Å²) in [5.74, 6) is -0.794. The van der Waals surface area contributed by atoms with Gasteiger partial charge in [-0.25, -0.2) is 12.8 Å². The maximum Gasteiger partial charge on any atom is 0.248 e. The molecule has 0 amide bonds. The van der Waals surface area contributed by atoms with Gasteiger partial charge in [-0.3, -0.25) is 0 Å². The number of hydrogen-bond acceptors (Lipinski definition) is 3. The summed E-state index contributed by atoms with van der Waals surface area (Å²) in [6, 6.07) is 3.85. The van der Waals surface area contributed by atoms with E-state index in [1.807, 2.05) is 0 Å². The Balaban J connectivity index is 2.28. The minimum absolute atomic E-state index is 0.0435. The molecule has 2 N–H and O–H groups in total. The lowest BCUT2D eigenvalue weighted by Gasteiger charge is -2.38. The maximum absolute atomic E-state index is 13.9. The van der Waals surface area contributed by atoms with E-state index in [1.165, 1.54) is 23.5 Å². The van der Waals surface area contributed by atoms with Crippen LogP contribution in [0.3, 0.4) is 0 Å². The molecule has 2 rings (SSSR count). The van der Waals surface area contributed by atoms with Gasteiger partial charge in [0.05, 0.1) is 5.69 Å². The molecule has 6 heteroatoms. The van der Waals surface area contributed by atoms with Crippen LogP contribution in [-0.2, 0) is 10.0 Å². The highest BCUT2D eigenvalue weighted by atomic mass is 32.2. The number of halogens is 1. The summed E-state index contributed by atoms with van der Waals surface area (Å²) >= 11 is 0. The van der Waals surface area contributed by atoms with Crippen LogP contribution < -0.4 is 5.73 Å². The maximum atomic E-state index is 13.9. The molecule has 0 radical (unpaired) electrons. The van der Waals surface area contributed by atoms with Crippen LogP contribution in [0.5, 0.6) is 0 Å². The van der Waals surface area contributed by atoms with Crippen molar-refractivity contribution in [3.05, 3.63) is 24.0 Å². The van der Waals surface area contributed by atoms with Crippen molar-refractivity contribution in [1.82, 2.24) is 4.31 Å². The van der Waals surface area contributed by atoms with E-state index < -0.39 is 20.7 Å². The molecule has 0 bridgehead atoms. The SMILES string of the molecule is CN(C1CCC(C)(C)CC1)S(=O)(=O)c1c(N)cccc1F. The third-order valence-corrected chi connectivity index (χ3v) is 6.46. The highest BCUT2D eigenvalue weighted by Gasteiger charge is 2.36. The van der Waals surface area contributed by atoms with Gasteiger partial charge in [0.2, 0.25) is 10.0 Å². The molecule has 0 spiro atoms. The Morgan fingerprint density at radius 3 is 2.38 bits per heavy atom. The molecule has 118 valence electrons. The minimum Gasteiger partial charge on any atom is -0.398 e. The fraction of sp³-hybridized carbons (Fsp3) is 0.600. The predicted molar refractivity (Wildman–Crippen MR) is 81.8 cm³/mol. The Morgan fingerprint density at radius 1 is 1.29 bits per heavy atom. The van der Waals surface area contributed by atoms with E-state index in [4.69, 9.17) is 5.73 Å². The first-order valence-corrected chi connectivity index (χ1v) is 8.61. The number of hydrogen-bond donors (Lipinski definition) is 1. The van der Waals surface area contributed by atoms with Crippen LogP contribution in [0.2, 0.25) is 0 Å². The fourth-order valence-electron chi connectivity index (χ4n) is 2.89. The highest BCUT2D eigenvalue weighted by molar-refractivity contribution is 7.89. The van der Waals surface area contributed by atoms with E-state index in [1.54, 1.807) is 0 Å². The third kappa shape index (κ3) is 3.21. The minimum atomic E-state index is -3.90. The first-order valence-electron chi connectivity index (χ1n) is 7.17. The summed E-state index contributed by atoms with van der Waals surface area (Å²) in [4.78, 5) is -0.405. The molecule has 0 unspecified atom stereocenters. The number of rotatable bonds is 3. The molecule has 4 nitrogen and oxygen atoms in total. The number of anilines is 1. The molecule has 1 aromatic rings. The predicted octanol–water partition coefficient (Wildman–Crippen LogP) is 3.00. The number of nitrogens with two attached hydrogens (primary N) is 1. The van der Waals surface area contributed by atoms with Gasteiger partial charge in [-0.05, 0) is 43.2 Å². The number of sulfonamides is 1. The van der Waals surface area contributed by atoms with Crippen molar-refractivity contribution in [2.75, 3.05) is 12.8 Å². The lowest BCUT2D eigenvalue weighted by atomic mass is 9.76. The van der Waals surface area contributed by atoms with E-state index in [2.05, 4.69) is 13.8 Å². The van der Waals surface area contributed by atoms with Crippen molar-refractivity contribution in [3.63, 3.8) is 0 Å². The normalized spacial score (nSPS) is 19.9. The van der Waals surface area contributed by atoms with Crippen molar-refractivity contribution in [2.45, 2.75) is 50.5 Å². The van der Waals surface area contributed by atoms with Crippen molar-refractivity contribution in [2.24, 2.45) is 5.41 Å². The molecular formula is C15H23FN2O2S. The molecule has 21 heavy (non-hydrogen) atoms. The van der Waals surface area contributed by atoms with Crippen LogP contribution in [-0.4, -0.2) is 25.8 Å². The van der Waals surface area contributed by atoms with Gasteiger partial charge in [-0.2, -0.15) is 4.31 Å². The Bertz CT molecular complexity index is 598. The average Bonchev–Trinajstić information content (AvgIpc) is 2.37. The molecule has 1 saturated carbocycles. The topological polar surface area (TPSA) is 63.4 Å². The number of nitrogen functional groups attached to an aromatic ring is 1. The summed E-state index contributed by atoms with van der Waals surface area (Å²) in [5, 5.41) is 0. The zero-order valence-corrected chi connectivity index (χ0v) is 13.6. The Morgan fingerprint density at radius 2 is 1.86 bits per heavy atom. The van der Waals surface area contributed by atoms with Crippen LogP contribution in [0.15, 0.2) is 23.1 Å². The van der Waals surface area contributed by atoms with Gasteiger partial charge in [0.15, 0.2) is 0 Å². The van der Waals surface area contributed by atoms with Crippen LogP contribution in [0, 0.1) is 11.2 Å². The number of benzene rings is 1. The van der Waals surface area contributed by atoms with Crippen LogP contribution in [0.1, 0.15) is 39.5 Å². The lowest BCUT2D eigenvalue weighted by Crippen LogP contribution is -2.41. The zero-order chi connectivity index (χ0) is 15.8. The van der Waals surface area contributed by atoms with Gasteiger partial charge >= 0.3 is 0 Å². The van der Waals surface area contributed by atoms with Crippen molar-refractivity contribution in [3.8, 4) is 0 Å². The van der Waals surface area contributed by atoms with E-state index in [9.17, 15) is 12.8 Å². The third-order valence-electron chi connectivity index (χ3n) is 4.46. The van der Waals surface area contributed by atoms with E-state index in [-0.39, 0.29) is 17.1 Å². The Hall–Kier alpha value is -1.14. The summed E-state index contributed by atoms with van der Waals surface area (Å²) in [7, 11) is -2.39. The molecule has 1 aromatic carbocycles. The quantitative estimate of drug-likeness (QED) is 0.872. The van der Waals surface area contributed by atoms with Crippen molar-refractivity contribution < 1.29 is 12.8 Å². The molecule has 0 heterocycles. The van der Waals surface area contributed by atoms with Gasteiger partial charge in [0.25, 0.3) is 0 Å². The lowest BCUT2D eigenvalue weighted by molar-refractivity contribution is 0.174. The molecule has 1 aliphatic carbocycles. The van der Waals surface area contributed by atoms with Crippen LogP contribution in [0.4, 0.5) is 10.1 Å². The van der Waals surface area contributed by atoms with E-state index in [0.29, 0.717) is 0 Å². The molecule has 0 atom stereocenters. The fourth-order valence-corrected chi connectivity index (χ4v) is 4.46. The highest BCUT2D eigenvalue weighted by Crippen LogP contribution is 2.38. The largest absolute Gasteiger partial charge is 0.398 e. The second-order valence-electron chi connectivity index (χ2n) is 6.57. The second-order valence-corrected chi connectivity index (χ2v) is 8.51. The first kappa shape index (κ1) is 16.2. The summed E-state index contributed by atoms with van der Waals surface area (Å²) in [6.07, 6.45) is 3.50. The molecular weight excluding hydrogens is 291 g/mol. The molecule has 1 aliphatic rings. The smallest absolute Gasteiger partial charge is 0.248 e. The summed E-state index contributed by atoms with van der Waals surface area (Å²) < 4.78 is 40.5. The van der Waals surface area contributed by atoms with E-state index in [0.717, 1.165) is 31.7 Å². The molecule has 0 aromatic heterocycles. The monoisotopic (exact) mass is 314 g/mol. The van der Waals surface area contributed by atoms with Gasteiger partial charge in [-0.15, -0.1) is 0 Å². The van der Waals surface area contributed by atoms with Crippen molar-refractivity contribution >= 4 is 15.7 Å². The Labute approximate surface area is 126 Å². The average molecular weight is 314 g/mol. The van der Waals surface area contributed by atoms with E-state index >= 15 is 0 Å². The number of nitrogens with zero attached hydrogens (tertiary/aromatic N) is 1. The standard InChI is InChI=1S/C15H23FN2O2S/c1-15(2)9-7-11(8-10-15)18(3)21(19,20)14-12(16)5-4-6-13(14)17/h4-6,11H,7-10,17H2,1-3H3. The van der Waals surface area contributed by atoms with Gasteiger partial charge < -0.3 is 5.73 Å².